The molecular weight excluding hydrogens is 222 g/mol. The summed E-state index contributed by atoms with van der Waals surface area (Å²) in [5, 5.41) is 1.81. The second-order valence-corrected chi connectivity index (χ2v) is 4.07. The van der Waals surface area contributed by atoms with Crippen LogP contribution in [0.3, 0.4) is 0 Å². The molecule has 3 rings (SSSR count). The zero-order valence-electron chi connectivity index (χ0n) is 8.52. The van der Waals surface area contributed by atoms with Gasteiger partial charge in [0.15, 0.2) is 0 Å². The van der Waals surface area contributed by atoms with E-state index in [0.29, 0.717) is 6.54 Å². The maximum absolute atomic E-state index is 6.23. The number of nitrogens with zero attached hydrogens (tertiary/aromatic N) is 2. The molecule has 0 bridgehead atoms. The molecule has 0 fully saturated rings. The van der Waals surface area contributed by atoms with E-state index in [4.69, 9.17) is 17.3 Å². The lowest BCUT2D eigenvalue weighted by Gasteiger charge is -2.06. The van der Waals surface area contributed by atoms with Gasteiger partial charge in [0, 0.05) is 11.9 Å². The predicted octanol–water partition coefficient (Wildman–Crippen LogP) is 2.60. The maximum atomic E-state index is 6.23. The second-order valence-electron chi connectivity index (χ2n) is 3.66. The Labute approximate surface area is 97.5 Å². The first kappa shape index (κ1) is 9.63. The van der Waals surface area contributed by atoms with E-state index in [-0.39, 0.29) is 0 Å². The largest absolute Gasteiger partial charge is 0.325 e. The third-order valence-electron chi connectivity index (χ3n) is 2.72. The summed E-state index contributed by atoms with van der Waals surface area (Å²) in [6, 6.07) is 9.84. The van der Waals surface area contributed by atoms with Crippen molar-refractivity contribution in [2.75, 3.05) is 0 Å². The molecule has 0 aliphatic heterocycles. The highest BCUT2D eigenvalue weighted by Gasteiger charge is 2.07. The summed E-state index contributed by atoms with van der Waals surface area (Å²) in [5.41, 5.74) is 8.51. The molecule has 1 aromatic carbocycles. The number of para-hydroxylation sites is 1. The van der Waals surface area contributed by atoms with Gasteiger partial charge in [0.2, 0.25) is 0 Å². The monoisotopic (exact) mass is 231 g/mol. The lowest BCUT2D eigenvalue weighted by Crippen LogP contribution is -2.01. The van der Waals surface area contributed by atoms with Crippen LogP contribution in [-0.2, 0) is 6.54 Å². The molecule has 16 heavy (non-hydrogen) atoms. The van der Waals surface area contributed by atoms with E-state index in [0.717, 1.165) is 27.3 Å². The fourth-order valence-electron chi connectivity index (χ4n) is 1.99. The summed E-state index contributed by atoms with van der Waals surface area (Å²) >= 11 is 6.23. The van der Waals surface area contributed by atoms with E-state index >= 15 is 0 Å². The summed E-state index contributed by atoms with van der Waals surface area (Å²) in [6.07, 6.45) is 1.79. The minimum Gasteiger partial charge on any atom is -0.325 e. The Morgan fingerprint density at radius 1 is 1.25 bits per heavy atom. The van der Waals surface area contributed by atoms with Crippen LogP contribution < -0.4 is 5.73 Å². The lowest BCUT2D eigenvalue weighted by atomic mass is 10.2. The molecule has 4 heteroatoms. The molecule has 3 aromatic rings. The summed E-state index contributed by atoms with van der Waals surface area (Å²) < 4.78 is 2.01. The van der Waals surface area contributed by atoms with Crippen molar-refractivity contribution in [2.45, 2.75) is 6.54 Å². The Hall–Kier alpha value is -1.58. The molecule has 0 spiro atoms. The van der Waals surface area contributed by atoms with Gasteiger partial charge < -0.3 is 5.73 Å². The molecule has 0 saturated heterocycles. The van der Waals surface area contributed by atoms with Crippen molar-refractivity contribution < 1.29 is 0 Å². The summed E-state index contributed by atoms with van der Waals surface area (Å²) in [7, 11) is 0. The number of benzene rings is 1. The second kappa shape index (κ2) is 3.47. The number of imidazole rings is 1. The maximum Gasteiger partial charge on any atom is 0.137 e. The van der Waals surface area contributed by atoms with Crippen molar-refractivity contribution in [3.8, 4) is 0 Å². The average Bonchev–Trinajstić information content (AvgIpc) is 2.72. The highest BCUT2D eigenvalue weighted by molar-refractivity contribution is 6.35. The highest BCUT2D eigenvalue weighted by Crippen LogP contribution is 2.25. The van der Waals surface area contributed by atoms with Crippen LogP contribution in [0.5, 0.6) is 0 Å². The van der Waals surface area contributed by atoms with Crippen molar-refractivity contribution in [1.82, 2.24) is 9.38 Å². The molecule has 3 nitrogen and oxygen atoms in total. The van der Waals surface area contributed by atoms with Gasteiger partial charge in [0.1, 0.15) is 5.65 Å². The third-order valence-corrected chi connectivity index (χ3v) is 3.03. The number of rotatable bonds is 1. The van der Waals surface area contributed by atoms with Crippen molar-refractivity contribution >= 4 is 28.2 Å². The van der Waals surface area contributed by atoms with Gasteiger partial charge in [-0.3, -0.25) is 4.40 Å². The van der Waals surface area contributed by atoms with Crippen molar-refractivity contribution in [2.24, 2.45) is 5.73 Å². The fraction of sp³-hybridized carbons (Fsp3) is 0.0833. The van der Waals surface area contributed by atoms with Crippen molar-refractivity contribution in [3.63, 3.8) is 0 Å². The minimum atomic E-state index is 0.450. The van der Waals surface area contributed by atoms with Gasteiger partial charge in [-0.2, -0.15) is 0 Å². The van der Waals surface area contributed by atoms with Crippen LogP contribution >= 0.6 is 11.6 Å². The summed E-state index contributed by atoms with van der Waals surface area (Å²) in [5.74, 6) is 0. The number of hydrogen-bond donors (Lipinski definition) is 1. The molecular formula is C12H10ClN3. The van der Waals surface area contributed by atoms with E-state index < -0.39 is 0 Å². The van der Waals surface area contributed by atoms with Gasteiger partial charge in [0.25, 0.3) is 0 Å². The Morgan fingerprint density at radius 2 is 2.12 bits per heavy atom. The molecule has 0 atom stereocenters. The molecule has 0 amide bonds. The van der Waals surface area contributed by atoms with E-state index in [1.807, 2.05) is 34.7 Å². The Bertz CT molecular complexity index is 672. The van der Waals surface area contributed by atoms with Gasteiger partial charge in [-0.25, -0.2) is 4.98 Å². The first-order valence-corrected chi connectivity index (χ1v) is 5.42. The van der Waals surface area contributed by atoms with Gasteiger partial charge in [-0.15, -0.1) is 0 Å². The van der Waals surface area contributed by atoms with Crippen LogP contribution in [0.15, 0.2) is 36.5 Å². The SMILES string of the molecule is NCc1cnc2ccc3cccc(Cl)c3n12. The molecule has 80 valence electrons. The van der Waals surface area contributed by atoms with Crippen LogP contribution in [0.4, 0.5) is 0 Å². The number of aromatic nitrogens is 2. The third kappa shape index (κ3) is 1.22. The predicted molar refractivity (Wildman–Crippen MR) is 65.6 cm³/mol. The van der Waals surface area contributed by atoms with E-state index in [1.165, 1.54) is 0 Å². The zero-order chi connectivity index (χ0) is 11.1. The molecule has 0 radical (unpaired) electrons. The smallest absolute Gasteiger partial charge is 0.137 e. The Morgan fingerprint density at radius 3 is 2.94 bits per heavy atom. The molecule has 2 N–H and O–H groups in total. The quantitative estimate of drug-likeness (QED) is 0.700. The number of pyridine rings is 1. The first-order chi connectivity index (χ1) is 7.81. The normalized spacial score (nSPS) is 11.4. The number of fused-ring (bicyclic) bond motifs is 3. The Balaban J connectivity index is 2.60. The molecule has 0 unspecified atom stereocenters. The summed E-state index contributed by atoms with van der Waals surface area (Å²) in [6.45, 7) is 0.450. The number of hydrogen-bond acceptors (Lipinski definition) is 2. The van der Waals surface area contributed by atoms with Crippen LogP contribution in [0.1, 0.15) is 5.69 Å². The summed E-state index contributed by atoms with van der Waals surface area (Å²) in [4.78, 5) is 4.31. The average molecular weight is 232 g/mol. The lowest BCUT2D eigenvalue weighted by molar-refractivity contribution is 0.979. The number of halogens is 1. The minimum absolute atomic E-state index is 0.450. The van der Waals surface area contributed by atoms with Crippen LogP contribution in [0.2, 0.25) is 5.02 Å². The zero-order valence-corrected chi connectivity index (χ0v) is 9.28. The molecule has 0 saturated carbocycles. The van der Waals surface area contributed by atoms with Crippen LogP contribution in [0, 0.1) is 0 Å². The van der Waals surface area contributed by atoms with Crippen LogP contribution in [0.25, 0.3) is 16.6 Å². The van der Waals surface area contributed by atoms with Gasteiger partial charge in [-0.1, -0.05) is 23.7 Å². The van der Waals surface area contributed by atoms with Crippen molar-refractivity contribution in [3.05, 3.63) is 47.2 Å². The van der Waals surface area contributed by atoms with E-state index in [2.05, 4.69) is 4.98 Å². The standard InChI is InChI=1S/C12H10ClN3/c13-10-3-1-2-8-4-5-11-15-7-9(6-14)16(11)12(8)10/h1-5,7H,6,14H2. The highest BCUT2D eigenvalue weighted by atomic mass is 35.5. The van der Waals surface area contributed by atoms with Gasteiger partial charge in [0.05, 0.1) is 22.4 Å². The molecule has 2 heterocycles. The number of nitrogens with two attached hydrogens (primary N) is 1. The van der Waals surface area contributed by atoms with Gasteiger partial charge in [-0.05, 0) is 18.2 Å². The van der Waals surface area contributed by atoms with Crippen LogP contribution in [-0.4, -0.2) is 9.38 Å². The Kier molecular flexibility index (Phi) is 2.09. The van der Waals surface area contributed by atoms with E-state index in [9.17, 15) is 0 Å². The molecule has 0 aliphatic carbocycles. The van der Waals surface area contributed by atoms with E-state index in [1.54, 1.807) is 6.20 Å². The topological polar surface area (TPSA) is 43.3 Å². The first-order valence-electron chi connectivity index (χ1n) is 5.05. The fourth-order valence-corrected chi connectivity index (χ4v) is 2.26. The molecule has 2 aromatic heterocycles. The van der Waals surface area contributed by atoms with Crippen molar-refractivity contribution in [1.29, 1.82) is 0 Å². The van der Waals surface area contributed by atoms with Gasteiger partial charge >= 0.3 is 0 Å². The molecule has 0 aliphatic rings.